The predicted octanol–water partition coefficient (Wildman–Crippen LogP) is 5.71. The van der Waals surface area contributed by atoms with E-state index in [1.54, 1.807) is 0 Å². The summed E-state index contributed by atoms with van der Waals surface area (Å²) in [5.41, 5.74) is 4.13. The average molecular weight is 372 g/mol. The maximum Gasteiger partial charge on any atom is 0.411 e. The van der Waals surface area contributed by atoms with Crippen LogP contribution in [0.3, 0.4) is 0 Å². The highest BCUT2D eigenvalue weighted by Crippen LogP contribution is 2.22. The number of anilines is 1. The van der Waals surface area contributed by atoms with Crippen molar-refractivity contribution in [3.8, 4) is 0 Å². The largest absolute Gasteiger partial charge is 0.444 e. The van der Waals surface area contributed by atoms with Crippen LogP contribution in [0.1, 0.15) is 70.3 Å². The molecule has 1 heterocycles. The van der Waals surface area contributed by atoms with Crippen molar-refractivity contribution in [2.24, 2.45) is 5.92 Å². The van der Waals surface area contributed by atoms with E-state index in [-0.39, 0.29) is 12.0 Å². The molecule has 148 valence electrons. The molecule has 0 fully saturated rings. The number of aromatic nitrogens is 2. The van der Waals surface area contributed by atoms with Crippen LogP contribution in [0.15, 0.2) is 30.3 Å². The lowest BCUT2D eigenvalue weighted by Gasteiger charge is -2.23. The molecule has 2 rings (SSSR count). The lowest BCUT2D eigenvalue weighted by molar-refractivity contribution is 0.0672. The minimum absolute atomic E-state index is 0.181. The van der Waals surface area contributed by atoms with Gasteiger partial charge in [-0.05, 0) is 42.9 Å². The van der Waals surface area contributed by atoms with E-state index < -0.39 is 6.09 Å². The van der Waals surface area contributed by atoms with E-state index in [4.69, 9.17) is 9.84 Å². The molecule has 5 nitrogen and oxygen atoms in total. The summed E-state index contributed by atoms with van der Waals surface area (Å²) in [6.45, 7) is 15.3. The molecule has 27 heavy (non-hydrogen) atoms. The maximum absolute atomic E-state index is 12.4. The fourth-order valence-electron chi connectivity index (χ4n) is 2.82. The first-order valence-corrected chi connectivity index (χ1v) is 9.79. The highest BCUT2D eigenvalue weighted by atomic mass is 16.6. The third-order valence-electron chi connectivity index (χ3n) is 4.67. The highest BCUT2D eigenvalue weighted by Gasteiger charge is 2.22. The molecule has 2 aromatic rings. The monoisotopic (exact) mass is 371 g/mol. The smallest absolute Gasteiger partial charge is 0.411 e. The lowest BCUT2D eigenvalue weighted by atomic mass is 10.1. The van der Waals surface area contributed by atoms with Crippen molar-refractivity contribution in [2.75, 3.05) is 5.32 Å². The molecule has 1 amide bonds. The number of benzene rings is 1. The lowest BCUT2D eigenvalue weighted by Crippen LogP contribution is -2.31. The van der Waals surface area contributed by atoms with Gasteiger partial charge in [0.25, 0.3) is 0 Å². The van der Waals surface area contributed by atoms with Crippen molar-refractivity contribution in [3.05, 3.63) is 47.3 Å². The topological polar surface area (TPSA) is 56.1 Å². The molecule has 0 aliphatic rings. The van der Waals surface area contributed by atoms with E-state index in [9.17, 15) is 4.79 Å². The third-order valence-corrected chi connectivity index (χ3v) is 4.67. The van der Waals surface area contributed by atoms with Crippen LogP contribution >= 0.6 is 0 Å². The molecule has 0 aliphatic heterocycles. The van der Waals surface area contributed by atoms with Crippen LogP contribution in [0.4, 0.5) is 10.5 Å². The Morgan fingerprint density at radius 3 is 2.22 bits per heavy atom. The number of aryl methyl sites for hydroxylation is 1. The molecule has 1 aromatic heterocycles. The number of carbonyl (C=O) groups is 1. The molecule has 1 atom stereocenters. The fraction of sp³-hybridized carbons (Fsp3) is 0.545. The molecule has 0 aliphatic carbocycles. The third kappa shape index (κ3) is 5.84. The first-order chi connectivity index (χ1) is 12.7. The molecule has 1 aromatic carbocycles. The molecular formula is C22H33N3O2. The van der Waals surface area contributed by atoms with Gasteiger partial charge in [0.05, 0.1) is 12.2 Å². The Kier molecular flexibility index (Phi) is 7.05. The summed E-state index contributed by atoms with van der Waals surface area (Å²) in [5, 5.41) is 7.57. The van der Waals surface area contributed by atoms with Gasteiger partial charge in [-0.1, -0.05) is 59.2 Å². The predicted molar refractivity (Wildman–Crippen MR) is 110 cm³/mol. The zero-order valence-electron chi connectivity index (χ0n) is 17.6. The van der Waals surface area contributed by atoms with Gasteiger partial charge in [0.1, 0.15) is 6.10 Å². The molecule has 0 unspecified atom stereocenters. The maximum atomic E-state index is 12.4. The quantitative estimate of drug-likeness (QED) is 0.678. The normalized spacial score (nSPS) is 12.7. The Balaban J connectivity index is 2.11. The number of ether oxygens (including phenoxy) is 1. The Bertz CT molecular complexity index is 745. The molecule has 1 N–H and O–H groups in total. The number of rotatable bonds is 7. The summed E-state index contributed by atoms with van der Waals surface area (Å²) >= 11 is 0. The summed E-state index contributed by atoms with van der Waals surface area (Å²) in [6, 6.07) is 9.84. The molecule has 0 saturated heterocycles. The van der Waals surface area contributed by atoms with Crippen LogP contribution < -0.4 is 5.32 Å². The summed E-state index contributed by atoms with van der Waals surface area (Å²) in [6.07, 6.45) is -0.687. The molecule has 5 heteroatoms. The zero-order chi connectivity index (χ0) is 20.1. The van der Waals surface area contributed by atoms with Crippen molar-refractivity contribution in [1.82, 2.24) is 9.78 Å². The number of hydrogen-bond acceptors (Lipinski definition) is 3. The Morgan fingerprint density at radius 1 is 1.07 bits per heavy atom. The van der Waals surface area contributed by atoms with E-state index in [1.807, 2.05) is 35.9 Å². The standard InChI is InChI=1S/C22H33N3O2/c1-14(2)19-12-20(15(3)4)25(24-19)13-21(16(5)6)27-22(26)23-18-10-8-17(7)9-11-18/h8-12,14-16,21H,13H2,1-7H3,(H,23,26)/t21-/m0/s1. The van der Waals surface area contributed by atoms with Gasteiger partial charge in [-0.15, -0.1) is 0 Å². The van der Waals surface area contributed by atoms with Crippen molar-refractivity contribution in [2.45, 2.75) is 73.0 Å². The summed E-state index contributed by atoms with van der Waals surface area (Å²) < 4.78 is 7.75. The van der Waals surface area contributed by atoms with Crippen LogP contribution in [0.5, 0.6) is 0 Å². The van der Waals surface area contributed by atoms with Crippen LogP contribution in [0.25, 0.3) is 0 Å². The van der Waals surface area contributed by atoms with E-state index >= 15 is 0 Å². The number of hydrogen-bond donors (Lipinski definition) is 1. The molecule has 0 radical (unpaired) electrons. The van der Waals surface area contributed by atoms with E-state index in [2.05, 4.69) is 52.9 Å². The summed E-state index contributed by atoms with van der Waals surface area (Å²) in [5.74, 6) is 0.909. The van der Waals surface area contributed by atoms with Crippen LogP contribution in [0.2, 0.25) is 0 Å². The number of nitrogens with one attached hydrogen (secondary N) is 1. The van der Waals surface area contributed by atoms with Crippen molar-refractivity contribution >= 4 is 11.8 Å². The van der Waals surface area contributed by atoms with Gasteiger partial charge >= 0.3 is 6.09 Å². The van der Waals surface area contributed by atoms with Crippen molar-refractivity contribution < 1.29 is 9.53 Å². The van der Waals surface area contributed by atoms with E-state index in [0.29, 0.717) is 18.4 Å². The number of nitrogens with zero attached hydrogens (tertiary/aromatic N) is 2. The Labute approximate surface area is 163 Å². The highest BCUT2D eigenvalue weighted by molar-refractivity contribution is 5.84. The van der Waals surface area contributed by atoms with E-state index in [1.165, 1.54) is 5.69 Å². The van der Waals surface area contributed by atoms with Gasteiger partial charge < -0.3 is 4.74 Å². The minimum Gasteiger partial charge on any atom is -0.444 e. The molecule has 0 spiro atoms. The number of amides is 1. The average Bonchev–Trinajstić information content (AvgIpc) is 3.01. The van der Waals surface area contributed by atoms with Crippen molar-refractivity contribution in [1.29, 1.82) is 0 Å². The second kappa shape index (κ2) is 9.07. The molecular weight excluding hydrogens is 338 g/mol. The second-order valence-electron chi connectivity index (χ2n) is 8.16. The van der Waals surface area contributed by atoms with Gasteiger partial charge in [-0.25, -0.2) is 4.79 Å². The van der Waals surface area contributed by atoms with Crippen LogP contribution in [-0.4, -0.2) is 22.0 Å². The van der Waals surface area contributed by atoms with Crippen LogP contribution in [-0.2, 0) is 11.3 Å². The van der Waals surface area contributed by atoms with Gasteiger partial charge in [0.2, 0.25) is 0 Å². The van der Waals surface area contributed by atoms with Crippen molar-refractivity contribution in [3.63, 3.8) is 0 Å². The second-order valence-corrected chi connectivity index (χ2v) is 8.16. The Hall–Kier alpha value is -2.30. The Morgan fingerprint density at radius 2 is 1.70 bits per heavy atom. The summed E-state index contributed by atoms with van der Waals surface area (Å²) in [7, 11) is 0. The molecule has 0 saturated carbocycles. The fourth-order valence-corrected chi connectivity index (χ4v) is 2.82. The first kappa shape index (κ1) is 21.0. The minimum atomic E-state index is -0.431. The van der Waals surface area contributed by atoms with Gasteiger partial charge in [0.15, 0.2) is 0 Å². The van der Waals surface area contributed by atoms with Gasteiger partial charge in [-0.3, -0.25) is 10.00 Å². The first-order valence-electron chi connectivity index (χ1n) is 9.79. The number of carbonyl (C=O) groups excluding carboxylic acids is 1. The van der Waals surface area contributed by atoms with Gasteiger partial charge in [-0.2, -0.15) is 5.10 Å². The SMILES string of the molecule is Cc1ccc(NC(=O)O[C@@H](Cn2nc(C(C)C)cc2C(C)C)C(C)C)cc1. The summed E-state index contributed by atoms with van der Waals surface area (Å²) in [4.78, 5) is 12.4. The molecule has 0 bridgehead atoms. The zero-order valence-corrected chi connectivity index (χ0v) is 17.6. The van der Waals surface area contributed by atoms with Crippen LogP contribution in [0, 0.1) is 12.8 Å². The van der Waals surface area contributed by atoms with E-state index in [0.717, 1.165) is 16.9 Å². The van der Waals surface area contributed by atoms with Gasteiger partial charge in [0, 0.05) is 11.4 Å².